The van der Waals surface area contributed by atoms with Crippen LogP contribution >= 0.6 is 0 Å². The van der Waals surface area contributed by atoms with Crippen molar-refractivity contribution in [1.29, 1.82) is 0 Å². The van der Waals surface area contributed by atoms with Gasteiger partial charge < -0.3 is 0 Å². The first-order chi connectivity index (χ1) is 11.8. The summed E-state index contributed by atoms with van der Waals surface area (Å²) < 4.78 is 0. The minimum atomic E-state index is 0.979. The number of aliphatic imine (C=N–C) groups is 1. The maximum atomic E-state index is 4.90. The summed E-state index contributed by atoms with van der Waals surface area (Å²) in [6.45, 7) is 6.08. The minimum absolute atomic E-state index is 0.979. The molecule has 4 rings (SSSR count). The predicted molar refractivity (Wildman–Crippen MR) is 104 cm³/mol. The Kier molecular flexibility index (Phi) is 4.90. The molecule has 0 saturated carbocycles. The molecule has 0 aliphatic heterocycles. The lowest BCUT2D eigenvalue weighted by molar-refractivity contribution is 1.25. The highest BCUT2D eigenvalue weighted by atomic mass is 14.7. The molecule has 0 atom stereocenters. The molecular formula is C23H23N. The fourth-order valence-corrected chi connectivity index (χ4v) is 3.17. The average Bonchev–Trinajstić information content (AvgIpc) is 3.04. The molecular weight excluding hydrogens is 290 g/mol. The quantitative estimate of drug-likeness (QED) is 0.378. The Morgan fingerprint density at radius 2 is 1.42 bits per heavy atom. The van der Waals surface area contributed by atoms with Gasteiger partial charge in [0.15, 0.2) is 0 Å². The molecule has 24 heavy (non-hydrogen) atoms. The molecule has 120 valence electrons. The lowest BCUT2D eigenvalue weighted by Gasteiger charge is -2.06. The first-order valence-corrected chi connectivity index (χ1v) is 8.64. The van der Waals surface area contributed by atoms with E-state index in [2.05, 4.69) is 73.7 Å². The van der Waals surface area contributed by atoms with Crippen molar-refractivity contribution >= 4 is 11.4 Å². The van der Waals surface area contributed by atoms with Crippen molar-refractivity contribution < 1.29 is 0 Å². The predicted octanol–water partition coefficient (Wildman–Crippen LogP) is 6.42. The smallest absolute Gasteiger partial charge is 0.0674 e. The van der Waals surface area contributed by atoms with E-state index in [4.69, 9.17) is 4.99 Å². The number of rotatable bonds is 2. The second-order valence-corrected chi connectivity index (χ2v) is 5.70. The number of benzene rings is 3. The minimum Gasteiger partial charge on any atom is -0.253 e. The third-order valence-corrected chi connectivity index (χ3v) is 4.31. The fraction of sp³-hybridized carbons (Fsp3) is 0.174. The second kappa shape index (κ2) is 7.27. The van der Waals surface area contributed by atoms with Gasteiger partial charge in [-0.15, -0.1) is 0 Å². The molecule has 0 amide bonds. The lowest BCUT2D eigenvalue weighted by atomic mass is 10.0. The summed E-state index contributed by atoms with van der Waals surface area (Å²) in [6.07, 6.45) is 0.979. The molecule has 0 bridgehead atoms. The summed E-state index contributed by atoms with van der Waals surface area (Å²) in [5, 5.41) is 0. The van der Waals surface area contributed by atoms with Crippen molar-refractivity contribution in [3.63, 3.8) is 0 Å². The van der Waals surface area contributed by atoms with Crippen LogP contribution in [0, 0.1) is 0 Å². The molecule has 0 radical (unpaired) electrons. The van der Waals surface area contributed by atoms with Crippen LogP contribution in [0.25, 0.3) is 11.1 Å². The summed E-state index contributed by atoms with van der Waals surface area (Å²) in [4.78, 5) is 4.90. The Morgan fingerprint density at radius 1 is 0.750 bits per heavy atom. The molecule has 1 nitrogen and oxygen atoms in total. The topological polar surface area (TPSA) is 12.4 Å². The van der Waals surface area contributed by atoms with Crippen molar-refractivity contribution in [2.75, 3.05) is 0 Å². The Labute approximate surface area is 144 Å². The molecule has 0 saturated heterocycles. The zero-order valence-electron chi connectivity index (χ0n) is 14.6. The van der Waals surface area contributed by atoms with Crippen molar-refractivity contribution in [1.82, 2.24) is 0 Å². The van der Waals surface area contributed by atoms with Gasteiger partial charge >= 0.3 is 0 Å². The molecule has 0 fully saturated rings. The molecule has 0 unspecified atom stereocenters. The molecule has 0 N–H and O–H groups in total. The van der Waals surface area contributed by atoms with Crippen LogP contribution in [-0.2, 0) is 6.42 Å². The van der Waals surface area contributed by atoms with Gasteiger partial charge in [-0.2, -0.15) is 0 Å². The van der Waals surface area contributed by atoms with E-state index in [0.717, 1.165) is 17.8 Å². The normalized spacial score (nSPS) is 12.0. The van der Waals surface area contributed by atoms with E-state index in [1.807, 2.05) is 19.9 Å². The van der Waals surface area contributed by atoms with Gasteiger partial charge in [-0.05, 0) is 40.8 Å². The van der Waals surface area contributed by atoms with Crippen molar-refractivity contribution in [2.45, 2.75) is 27.2 Å². The first kappa shape index (κ1) is 16.2. The van der Waals surface area contributed by atoms with Crippen LogP contribution in [0.15, 0.2) is 77.8 Å². The van der Waals surface area contributed by atoms with Crippen LogP contribution in [-0.4, -0.2) is 5.71 Å². The Morgan fingerprint density at radius 3 is 2.21 bits per heavy atom. The Balaban J connectivity index is 0.000000815. The van der Waals surface area contributed by atoms with Gasteiger partial charge in [-0.25, -0.2) is 0 Å². The highest BCUT2D eigenvalue weighted by molar-refractivity contribution is 6.00. The monoisotopic (exact) mass is 313 g/mol. The molecule has 1 aliphatic carbocycles. The molecule has 1 aliphatic rings. The van der Waals surface area contributed by atoms with Crippen LogP contribution in [0.1, 0.15) is 37.5 Å². The number of nitrogens with zero attached hydrogens (tertiary/aromatic N) is 1. The number of hydrogen-bond acceptors (Lipinski definition) is 1. The largest absolute Gasteiger partial charge is 0.253 e. The van der Waals surface area contributed by atoms with E-state index in [0.29, 0.717) is 0 Å². The maximum Gasteiger partial charge on any atom is 0.0674 e. The highest BCUT2D eigenvalue weighted by Crippen LogP contribution is 2.41. The van der Waals surface area contributed by atoms with Crippen LogP contribution in [0.5, 0.6) is 0 Å². The molecule has 3 aromatic carbocycles. The van der Waals surface area contributed by atoms with E-state index in [1.165, 1.54) is 27.8 Å². The zero-order valence-corrected chi connectivity index (χ0v) is 14.6. The third kappa shape index (κ3) is 3.03. The molecule has 3 aromatic rings. The van der Waals surface area contributed by atoms with E-state index in [1.54, 1.807) is 0 Å². The summed E-state index contributed by atoms with van der Waals surface area (Å²) in [5.74, 6) is 0. The first-order valence-electron chi connectivity index (χ1n) is 8.64. The molecule has 1 heteroatoms. The summed E-state index contributed by atoms with van der Waals surface area (Å²) >= 11 is 0. The van der Waals surface area contributed by atoms with Crippen LogP contribution in [0.4, 0.5) is 5.69 Å². The van der Waals surface area contributed by atoms with Crippen LogP contribution < -0.4 is 0 Å². The SMILES string of the molecule is CC.CC(=Nc1cccc2c1Cc1ccccc1-2)c1ccccc1. The van der Waals surface area contributed by atoms with E-state index in [-0.39, 0.29) is 0 Å². The average molecular weight is 313 g/mol. The maximum absolute atomic E-state index is 4.90. The van der Waals surface area contributed by atoms with Gasteiger partial charge in [-0.1, -0.05) is 80.6 Å². The van der Waals surface area contributed by atoms with Gasteiger partial charge in [-0.3, -0.25) is 4.99 Å². The molecule has 0 heterocycles. The fourth-order valence-electron chi connectivity index (χ4n) is 3.17. The standard InChI is InChI=1S/C21H17N.C2H6/c1-15(16-8-3-2-4-9-16)22-21-13-7-12-19-18-11-6-5-10-17(18)14-20(19)21;1-2/h2-13H,14H2,1H3;1-2H3. The van der Waals surface area contributed by atoms with E-state index >= 15 is 0 Å². The van der Waals surface area contributed by atoms with Gasteiger partial charge in [0.1, 0.15) is 0 Å². The zero-order chi connectivity index (χ0) is 16.9. The third-order valence-electron chi connectivity index (χ3n) is 4.31. The van der Waals surface area contributed by atoms with Crippen molar-refractivity contribution in [3.05, 3.63) is 89.5 Å². The molecule has 0 spiro atoms. The van der Waals surface area contributed by atoms with Gasteiger partial charge in [0, 0.05) is 12.1 Å². The van der Waals surface area contributed by atoms with Crippen LogP contribution in [0.2, 0.25) is 0 Å². The van der Waals surface area contributed by atoms with Crippen LogP contribution in [0.3, 0.4) is 0 Å². The molecule has 0 aromatic heterocycles. The van der Waals surface area contributed by atoms with Crippen molar-refractivity contribution in [2.24, 2.45) is 4.99 Å². The summed E-state index contributed by atoms with van der Waals surface area (Å²) in [6, 6.07) is 25.4. The van der Waals surface area contributed by atoms with Gasteiger partial charge in [0.05, 0.1) is 5.69 Å². The highest BCUT2D eigenvalue weighted by Gasteiger charge is 2.20. The van der Waals surface area contributed by atoms with E-state index < -0.39 is 0 Å². The number of fused-ring (bicyclic) bond motifs is 3. The Hall–Kier alpha value is -2.67. The summed E-state index contributed by atoms with van der Waals surface area (Å²) in [5.41, 5.74) is 8.76. The Bertz CT molecular complexity index is 860. The van der Waals surface area contributed by atoms with Crippen molar-refractivity contribution in [3.8, 4) is 11.1 Å². The second-order valence-electron chi connectivity index (χ2n) is 5.70. The lowest BCUT2D eigenvalue weighted by Crippen LogP contribution is -1.94. The number of hydrogen-bond donors (Lipinski definition) is 0. The van der Waals surface area contributed by atoms with Gasteiger partial charge in [0.2, 0.25) is 0 Å². The summed E-state index contributed by atoms with van der Waals surface area (Å²) in [7, 11) is 0. The van der Waals surface area contributed by atoms with Gasteiger partial charge in [0.25, 0.3) is 0 Å². The van der Waals surface area contributed by atoms with E-state index in [9.17, 15) is 0 Å².